The van der Waals surface area contributed by atoms with Crippen LogP contribution in [0.25, 0.3) is 11.1 Å². The van der Waals surface area contributed by atoms with Crippen LogP contribution in [0.4, 0.5) is 14.5 Å². The highest BCUT2D eigenvalue weighted by Crippen LogP contribution is 2.38. The van der Waals surface area contributed by atoms with Gasteiger partial charge in [-0.05, 0) is 72.5 Å². The number of nitrogens with two attached hydrogens (primary N) is 1. The molecule has 6 nitrogen and oxygen atoms in total. The van der Waals surface area contributed by atoms with Gasteiger partial charge in [0.15, 0.2) is 6.10 Å². The third-order valence-electron chi connectivity index (χ3n) is 6.09. The number of carbonyl (C=O) groups is 1. The summed E-state index contributed by atoms with van der Waals surface area (Å²) in [4.78, 5) is 14.9. The molecule has 2 aliphatic heterocycles. The van der Waals surface area contributed by atoms with Crippen molar-refractivity contribution in [3.63, 3.8) is 0 Å². The number of rotatable bonds is 3. The van der Waals surface area contributed by atoms with Crippen LogP contribution in [0.1, 0.15) is 18.1 Å². The van der Waals surface area contributed by atoms with E-state index >= 15 is 0 Å². The number of ether oxygens (including phenoxy) is 1. The maximum absolute atomic E-state index is 14.2. The first-order valence-corrected chi connectivity index (χ1v) is 11.9. The Morgan fingerprint density at radius 3 is 2.58 bits per heavy atom. The van der Waals surface area contributed by atoms with Gasteiger partial charge in [-0.3, -0.25) is 4.79 Å². The summed E-state index contributed by atoms with van der Waals surface area (Å²) in [5.41, 5.74) is 2.67. The van der Waals surface area contributed by atoms with Crippen LogP contribution in [0.3, 0.4) is 0 Å². The lowest BCUT2D eigenvalue weighted by Crippen LogP contribution is -2.44. The van der Waals surface area contributed by atoms with E-state index in [0.717, 1.165) is 23.8 Å². The zero-order chi connectivity index (χ0) is 23.5. The third kappa shape index (κ3) is 3.77. The number of fused-ring (bicyclic) bond motifs is 2. The molecule has 0 fully saturated rings. The van der Waals surface area contributed by atoms with E-state index in [4.69, 9.17) is 9.88 Å². The van der Waals surface area contributed by atoms with Crippen molar-refractivity contribution in [3.8, 4) is 16.9 Å². The van der Waals surface area contributed by atoms with E-state index in [-0.39, 0.29) is 28.8 Å². The smallest absolute Gasteiger partial charge is 0.268 e. The molecule has 2 aliphatic rings. The number of carbonyl (C=O) groups excluding carboxylic acids is 1. The van der Waals surface area contributed by atoms with Crippen molar-refractivity contribution in [1.82, 2.24) is 0 Å². The maximum Gasteiger partial charge on any atom is 0.268 e. The second-order valence-electron chi connectivity index (χ2n) is 8.35. The van der Waals surface area contributed by atoms with Crippen molar-refractivity contribution in [3.05, 3.63) is 77.4 Å². The largest absolute Gasteiger partial charge is 0.480 e. The molecule has 2 N–H and O–H groups in total. The molecule has 0 spiro atoms. The van der Waals surface area contributed by atoms with Crippen LogP contribution in [-0.2, 0) is 27.7 Å². The first-order chi connectivity index (χ1) is 15.6. The third-order valence-corrected chi connectivity index (χ3v) is 7.00. The topological polar surface area (TPSA) is 89.7 Å². The average Bonchev–Trinajstić information content (AvgIpc) is 3.33. The van der Waals surface area contributed by atoms with Gasteiger partial charge in [0.2, 0.25) is 10.0 Å². The van der Waals surface area contributed by atoms with Gasteiger partial charge in [0, 0.05) is 23.7 Å². The Bertz CT molecular complexity index is 1410. The molecule has 0 saturated carbocycles. The van der Waals surface area contributed by atoms with Gasteiger partial charge in [0.05, 0.1) is 4.90 Å². The summed E-state index contributed by atoms with van der Waals surface area (Å²) in [7, 11) is -3.92. The number of amides is 1. The summed E-state index contributed by atoms with van der Waals surface area (Å²) >= 11 is 0. The molecule has 5 rings (SSSR count). The van der Waals surface area contributed by atoms with E-state index in [1.165, 1.54) is 12.1 Å². The lowest BCUT2D eigenvalue weighted by Gasteiger charge is -2.25. The van der Waals surface area contributed by atoms with E-state index in [2.05, 4.69) is 0 Å². The molecule has 0 bridgehead atoms. The number of hydrogen-bond acceptors (Lipinski definition) is 4. The monoisotopic (exact) mass is 470 g/mol. The van der Waals surface area contributed by atoms with Gasteiger partial charge >= 0.3 is 0 Å². The molecule has 0 radical (unpaired) electrons. The summed E-state index contributed by atoms with van der Waals surface area (Å²) in [6.07, 6.45) is 0.0141. The van der Waals surface area contributed by atoms with Crippen molar-refractivity contribution >= 4 is 21.6 Å². The van der Waals surface area contributed by atoms with Gasteiger partial charge in [-0.15, -0.1) is 0 Å². The SMILES string of the molecule is C[C@@H]1Cc2ccc(S(N)(=O)=O)cc2N1C(=O)[C@H]1Cc2cc(-c3cc(F)ccc3F)ccc2O1. The second kappa shape index (κ2) is 7.64. The van der Waals surface area contributed by atoms with E-state index < -0.39 is 27.8 Å². The normalized spacial score (nSPS) is 19.2. The standard InChI is InChI=1S/C24H20F2N2O4S/c1-13-8-15-2-5-18(33(27,30)31)12-21(15)28(13)24(29)23-10-16-9-14(3-7-22(16)32-23)19-11-17(25)4-6-20(19)26/h2-7,9,11-13,23H,8,10H2,1H3,(H2,27,30,31)/t13-,23-/m1/s1. The Balaban J connectivity index is 1.43. The predicted octanol–water partition coefficient (Wildman–Crippen LogP) is 3.56. The molecule has 9 heteroatoms. The minimum atomic E-state index is -3.92. The Morgan fingerprint density at radius 1 is 1.03 bits per heavy atom. The maximum atomic E-state index is 14.2. The van der Waals surface area contributed by atoms with Crippen LogP contribution in [0, 0.1) is 11.6 Å². The molecule has 0 unspecified atom stereocenters. The molecular weight excluding hydrogens is 450 g/mol. The summed E-state index contributed by atoms with van der Waals surface area (Å²) in [6.45, 7) is 1.88. The fourth-order valence-corrected chi connectivity index (χ4v) is 5.06. The van der Waals surface area contributed by atoms with Gasteiger partial charge in [-0.1, -0.05) is 12.1 Å². The Labute approximate surface area is 189 Å². The Hall–Kier alpha value is -3.30. The van der Waals surface area contributed by atoms with Crippen molar-refractivity contribution in [2.75, 3.05) is 4.90 Å². The van der Waals surface area contributed by atoms with Crippen LogP contribution in [-0.4, -0.2) is 26.5 Å². The van der Waals surface area contributed by atoms with E-state index in [1.54, 1.807) is 29.2 Å². The van der Waals surface area contributed by atoms with Crippen molar-refractivity contribution in [1.29, 1.82) is 0 Å². The minimum absolute atomic E-state index is 0.0643. The van der Waals surface area contributed by atoms with Crippen molar-refractivity contribution in [2.24, 2.45) is 5.14 Å². The van der Waals surface area contributed by atoms with Crippen molar-refractivity contribution in [2.45, 2.75) is 36.8 Å². The van der Waals surface area contributed by atoms with E-state index in [0.29, 0.717) is 29.0 Å². The Morgan fingerprint density at radius 2 is 1.82 bits per heavy atom. The lowest BCUT2D eigenvalue weighted by molar-refractivity contribution is -0.124. The first kappa shape index (κ1) is 21.5. The number of sulfonamides is 1. The van der Waals surface area contributed by atoms with Crippen LogP contribution < -0.4 is 14.8 Å². The molecular formula is C24H20F2N2O4S. The number of halogens is 2. The van der Waals surface area contributed by atoms with Crippen LogP contribution in [0.5, 0.6) is 5.75 Å². The predicted molar refractivity (Wildman–Crippen MR) is 118 cm³/mol. The number of anilines is 1. The van der Waals surface area contributed by atoms with Gasteiger partial charge < -0.3 is 9.64 Å². The highest BCUT2D eigenvalue weighted by Gasteiger charge is 2.39. The molecule has 2 heterocycles. The number of primary sulfonamides is 1. The molecule has 3 aromatic carbocycles. The van der Waals surface area contributed by atoms with Gasteiger partial charge in [0.25, 0.3) is 5.91 Å². The highest BCUT2D eigenvalue weighted by molar-refractivity contribution is 7.89. The van der Waals surface area contributed by atoms with Crippen molar-refractivity contribution < 1.29 is 26.7 Å². The average molecular weight is 470 g/mol. The number of nitrogens with zero attached hydrogens (tertiary/aromatic N) is 1. The molecule has 0 aliphatic carbocycles. The molecule has 33 heavy (non-hydrogen) atoms. The number of benzene rings is 3. The van der Waals surface area contributed by atoms with E-state index in [1.807, 2.05) is 6.92 Å². The molecule has 170 valence electrons. The quantitative estimate of drug-likeness (QED) is 0.634. The first-order valence-electron chi connectivity index (χ1n) is 10.4. The van der Waals surface area contributed by atoms with Crippen LogP contribution in [0.2, 0.25) is 0 Å². The summed E-state index contributed by atoms with van der Waals surface area (Å²) in [5, 5.41) is 5.26. The van der Waals surface area contributed by atoms with Crippen LogP contribution in [0.15, 0.2) is 59.5 Å². The zero-order valence-electron chi connectivity index (χ0n) is 17.6. The fourth-order valence-electron chi connectivity index (χ4n) is 4.53. The molecule has 1 amide bonds. The lowest BCUT2D eigenvalue weighted by atomic mass is 10.00. The summed E-state index contributed by atoms with van der Waals surface area (Å²) < 4.78 is 57.3. The minimum Gasteiger partial charge on any atom is -0.480 e. The van der Waals surface area contributed by atoms with Crippen LogP contribution >= 0.6 is 0 Å². The van der Waals surface area contributed by atoms with Gasteiger partial charge in [-0.25, -0.2) is 22.3 Å². The summed E-state index contributed by atoms with van der Waals surface area (Å²) in [6, 6.07) is 12.5. The number of hydrogen-bond donors (Lipinski definition) is 1. The molecule has 3 aromatic rings. The molecule has 2 atom stereocenters. The molecule has 0 aromatic heterocycles. The molecule has 0 saturated heterocycles. The second-order valence-corrected chi connectivity index (χ2v) is 9.92. The van der Waals surface area contributed by atoms with Gasteiger partial charge in [0.1, 0.15) is 17.4 Å². The fraction of sp³-hybridized carbons (Fsp3) is 0.208. The van der Waals surface area contributed by atoms with E-state index in [9.17, 15) is 22.0 Å². The van der Waals surface area contributed by atoms with Gasteiger partial charge in [-0.2, -0.15) is 0 Å². The Kier molecular flexibility index (Phi) is 4.98. The summed E-state index contributed by atoms with van der Waals surface area (Å²) in [5.74, 6) is -0.894. The zero-order valence-corrected chi connectivity index (χ0v) is 18.4. The highest BCUT2D eigenvalue weighted by atomic mass is 32.2.